The summed E-state index contributed by atoms with van der Waals surface area (Å²) in [5.74, 6) is -2.03. The van der Waals surface area contributed by atoms with Crippen LogP contribution in [-0.2, 0) is 6.54 Å². The number of aliphatic hydroxyl groups is 1. The number of aromatic nitrogens is 4. The lowest BCUT2D eigenvalue weighted by molar-refractivity contribution is 0.1000. The monoisotopic (exact) mass is 345 g/mol. The molecule has 0 spiro atoms. The van der Waals surface area contributed by atoms with Crippen LogP contribution in [0.25, 0.3) is 11.4 Å². The van der Waals surface area contributed by atoms with Crippen molar-refractivity contribution in [3.05, 3.63) is 65.2 Å². The van der Waals surface area contributed by atoms with Crippen LogP contribution in [0.1, 0.15) is 22.0 Å². The number of aliphatic hydroxyl groups excluding tert-OH is 1. The summed E-state index contributed by atoms with van der Waals surface area (Å²) >= 11 is 0. The molecule has 1 amide bonds. The molecule has 3 rings (SSSR count). The maximum absolute atomic E-state index is 13.7. The van der Waals surface area contributed by atoms with Crippen LogP contribution in [0.2, 0.25) is 0 Å². The van der Waals surface area contributed by atoms with E-state index >= 15 is 0 Å². The molecular formula is C16H13F2N5O2. The van der Waals surface area contributed by atoms with E-state index in [0.717, 1.165) is 16.9 Å². The van der Waals surface area contributed by atoms with E-state index in [0.29, 0.717) is 11.1 Å². The van der Waals surface area contributed by atoms with E-state index in [9.17, 15) is 18.7 Å². The Kier molecular flexibility index (Phi) is 4.48. The fraction of sp³-hybridized carbons (Fsp3) is 0.125. The van der Waals surface area contributed by atoms with Gasteiger partial charge in [-0.25, -0.2) is 8.78 Å². The molecule has 0 saturated heterocycles. The van der Waals surface area contributed by atoms with Gasteiger partial charge in [0, 0.05) is 11.1 Å². The number of hydrogen-bond donors (Lipinski definition) is 2. The van der Waals surface area contributed by atoms with Crippen molar-refractivity contribution < 1.29 is 18.7 Å². The molecule has 0 aliphatic rings. The highest BCUT2D eigenvalue weighted by Crippen LogP contribution is 2.22. The first-order valence-corrected chi connectivity index (χ1v) is 7.25. The summed E-state index contributed by atoms with van der Waals surface area (Å²) in [5.41, 5.74) is 5.62. The molecule has 3 aromatic rings. The van der Waals surface area contributed by atoms with Gasteiger partial charge in [-0.3, -0.25) is 4.79 Å². The largest absolute Gasteiger partial charge is 0.386 e. The van der Waals surface area contributed by atoms with Gasteiger partial charge in [0.2, 0.25) is 11.7 Å². The molecule has 0 fully saturated rings. The average molecular weight is 345 g/mol. The predicted molar refractivity (Wildman–Crippen MR) is 83.1 cm³/mol. The summed E-state index contributed by atoms with van der Waals surface area (Å²) in [7, 11) is 0. The minimum atomic E-state index is -1.47. The molecule has 2 aromatic carbocycles. The Morgan fingerprint density at radius 3 is 2.40 bits per heavy atom. The molecule has 9 heteroatoms. The number of rotatable bonds is 5. The van der Waals surface area contributed by atoms with Crippen LogP contribution in [0.15, 0.2) is 42.5 Å². The lowest BCUT2D eigenvalue weighted by Gasteiger charge is -2.11. The van der Waals surface area contributed by atoms with E-state index in [-0.39, 0.29) is 12.4 Å². The van der Waals surface area contributed by atoms with Gasteiger partial charge in [-0.1, -0.05) is 18.2 Å². The third-order valence-corrected chi connectivity index (χ3v) is 3.55. The highest BCUT2D eigenvalue weighted by molar-refractivity contribution is 5.93. The van der Waals surface area contributed by atoms with Crippen molar-refractivity contribution in [2.75, 3.05) is 0 Å². The summed E-state index contributed by atoms with van der Waals surface area (Å²) in [6.45, 7) is -0.274. The van der Waals surface area contributed by atoms with Gasteiger partial charge in [-0.2, -0.15) is 4.80 Å². The number of nitrogens with two attached hydrogens (primary N) is 1. The Morgan fingerprint density at radius 2 is 1.80 bits per heavy atom. The number of primary amides is 1. The lowest BCUT2D eigenvalue weighted by Crippen LogP contribution is -2.14. The third kappa shape index (κ3) is 3.50. The van der Waals surface area contributed by atoms with Crippen LogP contribution >= 0.6 is 0 Å². The van der Waals surface area contributed by atoms with Crippen molar-refractivity contribution in [3.8, 4) is 11.4 Å². The number of nitrogens with zero attached hydrogens (tertiary/aromatic N) is 4. The second kappa shape index (κ2) is 6.73. The minimum Gasteiger partial charge on any atom is -0.386 e. The molecule has 0 bridgehead atoms. The molecule has 0 unspecified atom stereocenters. The number of tetrazole rings is 1. The molecule has 3 N–H and O–H groups in total. The van der Waals surface area contributed by atoms with Gasteiger partial charge >= 0.3 is 0 Å². The van der Waals surface area contributed by atoms with Gasteiger partial charge < -0.3 is 10.8 Å². The molecule has 0 radical (unpaired) electrons. The smallest absolute Gasteiger partial charge is 0.248 e. The average Bonchev–Trinajstić information content (AvgIpc) is 3.03. The Balaban J connectivity index is 1.78. The molecule has 7 nitrogen and oxygen atoms in total. The molecule has 1 heterocycles. The second-order valence-electron chi connectivity index (χ2n) is 5.26. The van der Waals surface area contributed by atoms with Gasteiger partial charge in [0.25, 0.3) is 0 Å². The maximum Gasteiger partial charge on any atom is 0.248 e. The standard InChI is InChI=1S/C16H13F2N5O2/c17-11-2-1-3-12(18)14(11)13(24)8-23-21-16(20-22-23)10-6-4-9(5-7-10)15(19)25/h1-7,13,24H,8H2,(H2,19,25)/t13-/m0/s1. The molecule has 25 heavy (non-hydrogen) atoms. The predicted octanol–water partition coefficient (Wildman–Crippen LogP) is 1.45. The number of halogens is 2. The van der Waals surface area contributed by atoms with Crippen LogP contribution < -0.4 is 5.73 Å². The summed E-state index contributed by atoms with van der Waals surface area (Å²) in [4.78, 5) is 12.1. The molecule has 0 aliphatic carbocycles. The zero-order valence-electron chi connectivity index (χ0n) is 12.8. The molecule has 0 aliphatic heterocycles. The Labute approximate surface area is 140 Å². The molecule has 0 saturated carbocycles. The van der Waals surface area contributed by atoms with Gasteiger partial charge in [-0.15, -0.1) is 10.2 Å². The number of carbonyl (C=O) groups excluding carboxylic acids is 1. The lowest BCUT2D eigenvalue weighted by atomic mass is 10.1. The molecule has 128 valence electrons. The van der Waals surface area contributed by atoms with Crippen molar-refractivity contribution in [2.45, 2.75) is 12.6 Å². The number of benzene rings is 2. The second-order valence-corrected chi connectivity index (χ2v) is 5.26. The number of hydrogen-bond acceptors (Lipinski definition) is 5. The summed E-state index contributed by atoms with van der Waals surface area (Å²) in [6.07, 6.45) is -1.47. The first kappa shape index (κ1) is 16.7. The first-order chi connectivity index (χ1) is 12.0. The quantitative estimate of drug-likeness (QED) is 0.728. The highest BCUT2D eigenvalue weighted by Gasteiger charge is 2.19. The van der Waals surface area contributed by atoms with E-state index in [1.54, 1.807) is 12.1 Å². The zero-order valence-corrected chi connectivity index (χ0v) is 12.8. The summed E-state index contributed by atoms with van der Waals surface area (Å²) < 4.78 is 27.3. The van der Waals surface area contributed by atoms with Crippen molar-refractivity contribution in [1.82, 2.24) is 20.2 Å². The zero-order chi connectivity index (χ0) is 18.0. The van der Waals surface area contributed by atoms with Crippen molar-refractivity contribution in [2.24, 2.45) is 5.73 Å². The van der Waals surface area contributed by atoms with Gasteiger partial charge in [0.15, 0.2) is 0 Å². The minimum absolute atomic E-state index is 0.234. The van der Waals surface area contributed by atoms with E-state index in [1.165, 1.54) is 18.2 Å². The van der Waals surface area contributed by atoms with Crippen LogP contribution in [0, 0.1) is 11.6 Å². The summed E-state index contributed by atoms with van der Waals surface area (Å²) in [5, 5.41) is 21.7. The Hall–Kier alpha value is -3.20. The highest BCUT2D eigenvalue weighted by atomic mass is 19.1. The van der Waals surface area contributed by atoms with Crippen molar-refractivity contribution in [1.29, 1.82) is 0 Å². The van der Waals surface area contributed by atoms with Gasteiger partial charge in [-0.05, 0) is 29.5 Å². The molecule has 1 aromatic heterocycles. The van der Waals surface area contributed by atoms with Crippen LogP contribution in [-0.4, -0.2) is 31.2 Å². The SMILES string of the molecule is NC(=O)c1ccc(-c2nnn(C[C@H](O)c3c(F)cccc3F)n2)cc1. The Morgan fingerprint density at radius 1 is 1.16 bits per heavy atom. The van der Waals surface area contributed by atoms with Crippen LogP contribution in [0.5, 0.6) is 0 Å². The molecular weight excluding hydrogens is 332 g/mol. The third-order valence-electron chi connectivity index (χ3n) is 3.55. The Bertz CT molecular complexity index is 891. The van der Waals surface area contributed by atoms with Gasteiger partial charge in [0.05, 0.1) is 12.1 Å². The van der Waals surface area contributed by atoms with E-state index in [1.807, 2.05) is 0 Å². The summed E-state index contributed by atoms with van der Waals surface area (Å²) in [6, 6.07) is 9.54. The van der Waals surface area contributed by atoms with Crippen LogP contribution in [0.4, 0.5) is 8.78 Å². The maximum atomic E-state index is 13.7. The van der Waals surface area contributed by atoms with E-state index in [2.05, 4.69) is 15.4 Å². The normalized spacial score (nSPS) is 12.1. The topological polar surface area (TPSA) is 107 Å². The van der Waals surface area contributed by atoms with Gasteiger partial charge in [0.1, 0.15) is 17.7 Å². The van der Waals surface area contributed by atoms with Crippen molar-refractivity contribution >= 4 is 5.91 Å². The fourth-order valence-corrected chi connectivity index (χ4v) is 2.29. The van der Waals surface area contributed by atoms with Crippen molar-refractivity contribution in [3.63, 3.8) is 0 Å². The van der Waals surface area contributed by atoms with E-state index < -0.39 is 29.2 Å². The van der Waals surface area contributed by atoms with E-state index in [4.69, 9.17) is 5.73 Å². The van der Waals surface area contributed by atoms with Crippen LogP contribution in [0.3, 0.4) is 0 Å². The molecule has 1 atom stereocenters. The number of amides is 1. The fourth-order valence-electron chi connectivity index (χ4n) is 2.29. The number of carbonyl (C=O) groups is 1. The first-order valence-electron chi connectivity index (χ1n) is 7.25.